The molecule has 1 saturated heterocycles. The van der Waals surface area contributed by atoms with E-state index in [0.717, 1.165) is 18.5 Å². The van der Waals surface area contributed by atoms with E-state index in [0.29, 0.717) is 5.56 Å². The topological polar surface area (TPSA) is 89.8 Å². The number of methoxy groups -OCH3 is 2. The first-order valence-corrected chi connectivity index (χ1v) is 9.17. The largest absolute Gasteiger partial charge is 0.467 e. The third-order valence-corrected chi connectivity index (χ3v) is 6.20. The molecule has 2 unspecified atom stereocenters. The molecule has 0 spiro atoms. The summed E-state index contributed by atoms with van der Waals surface area (Å²) in [6.07, 6.45) is 0. The summed E-state index contributed by atoms with van der Waals surface area (Å²) in [6, 6.07) is 15.0. The fourth-order valence-corrected chi connectivity index (χ4v) is 4.97. The second-order valence-electron chi connectivity index (χ2n) is 5.68. The standard InChI is InChI=1S/C18H17NO6S/c1-24-16(20)18(17(21)25-2)15(13-9-5-3-6-10-13)19(18)26(22,23)14-11-7-4-8-12-14/h3-12,15H,1-2H3. The highest BCUT2D eigenvalue weighted by Crippen LogP contribution is 2.58. The minimum absolute atomic E-state index is 0.0318. The van der Waals surface area contributed by atoms with Gasteiger partial charge in [0.15, 0.2) is 0 Å². The molecule has 1 fully saturated rings. The minimum atomic E-state index is -4.15. The summed E-state index contributed by atoms with van der Waals surface area (Å²) in [6.45, 7) is 0. The van der Waals surface area contributed by atoms with Gasteiger partial charge in [0.1, 0.15) is 0 Å². The molecule has 1 heterocycles. The van der Waals surface area contributed by atoms with Crippen LogP contribution in [0.1, 0.15) is 11.6 Å². The van der Waals surface area contributed by atoms with Gasteiger partial charge in [-0.2, -0.15) is 4.31 Å². The summed E-state index contributed by atoms with van der Waals surface area (Å²) in [4.78, 5) is 25.0. The number of benzene rings is 2. The predicted octanol–water partition coefficient (Wildman–Crippen LogP) is 1.52. The summed E-state index contributed by atoms with van der Waals surface area (Å²) < 4.78 is 36.7. The van der Waals surface area contributed by atoms with E-state index in [1.165, 1.54) is 12.1 Å². The summed E-state index contributed by atoms with van der Waals surface area (Å²) in [5.74, 6) is -1.98. The molecule has 0 aromatic heterocycles. The van der Waals surface area contributed by atoms with Crippen molar-refractivity contribution in [3.8, 4) is 0 Å². The van der Waals surface area contributed by atoms with E-state index < -0.39 is 33.5 Å². The molecule has 0 amide bonds. The maximum atomic E-state index is 13.1. The maximum Gasteiger partial charge on any atom is 0.341 e. The van der Waals surface area contributed by atoms with Gasteiger partial charge in [-0.1, -0.05) is 48.5 Å². The van der Waals surface area contributed by atoms with Crippen LogP contribution in [0.25, 0.3) is 0 Å². The van der Waals surface area contributed by atoms with Crippen molar-refractivity contribution >= 4 is 22.0 Å². The first kappa shape index (κ1) is 18.1. The van der Waals surface area contributed by atoms with Gasteiger partial charge in [-0.3, -0.25) is 0 Å². The van der Waals surface area contributed by atoms with E-state index in [9.17, 15) is 18.0 Å². The Bertz CT molecular complexity index is 911. The summed E-state index contributed by atoms with van der Waals surface area (Å²) in [5, 5.41) is 0. The highest BCUT2D eigenvalue weighted by molar-refractivity contribution is 7.89. The Morgan fingerprint density at radius 1 is 0.885 bits per heavy atom. The number of hydrogen-bond acceptors (Lipinski definition) is 6. The van der Waals surface area contributed by atoms with E-state index in [-0.39, 0.29) is 4.90 Å². The minimum Gasteiger partial charge on any atom is -0.467 e. The van der Waals surface area contributed by atoms with Crippen molar-refractivity contribution in [1.29, 1.82) is 0 Å². The van der Waals surface area contributed by atoms with Crippen LogP contribution in [0, 0.1) is 0 Å². The number of sulfonamides is 1. The Balaban J connectivity index is 2.20. The van der Waals surface area contributed by atoms with Gasteiger partial charge in [0, 0.05) is 0 Å². The molecule has 8 heteroatoms. The number of ether oxygens (including phenoxy) is 2. The monoisotopic (exact) mass is 375 g/mol. The number of carbonyl (C=O) groups excluding carboxylic acids is 2. The van der Waals surface area contributed by atoms with Crippen LogP contribution in [0.4, 0.5) is 0 Å². The van der Waals surface area contributed by atoms with Crippen molar-refractivity contribution in [2.75, 3.05) is 14.2 Å². The quantitative estimate of drug-likeness (QED) is 0.447. The zero-order valence-electron chi connectivity index (χ0n) is 14.2. The van der Waals surface area contributed by atoms with Gasteiger partial charge >= 0.3 is 11.9 Å². The summed E-state index contributed by atoms with van der Waals surface area (Å²) >= 11 is 0. The van der Waals surface area contributed by atoms with Gasteiger partial charge in [-0.05, 0) is 17.7 Å². The van der Waals surface area contributed by atoms with Crippen LogP contribution in [-0.4, -0.2) is 44.4 Å². The normalized spacial score (nSPS) is 20.8. The Labute approximate surface area is 151 Å². The highest BCUT2D eigenvalue weighted by Gasteiger charge is 2.80. The van der Waals surface area contributed by atoms with E-state index in [2.05, 4.69) is 0 Å². The molecule has 0 radical (unpaired) electrons. The van der Waals surface area contributed by atoms with E-state index in [1.807, 2.05) is 0 Å². The molecule has 0 saturated carbocycles. The van der Waals surface area contributed by atoms with Gasteiger partial charge in [-0.25, -0.2) is 18.0 Å². The lowest BCUT2D eigenvalue weighted by atomic mass is 9.99. The number of rotatable bonds is 5. The zero-order valence-corrected chi connectivity index (χ0v) is 15.0. The average Bonchev–Trinajstić information content (AvgIpc) is 3.40. The molecule has 2 atom stereocenters. The summed E-state index contributed by atoms with van der Waals surface area (Å²) in [5.41, 5.74) is -1.60. The van der Waals surface area contributed by atoms with Crippen LogP contribution in [-0.2, 0) is 29.1 Å². The number of carbonyl (C=O) groups is 2. The van der Waals surface area contributed by atoms with Crippen molar-refractivity contribution in [3.63, 3.8) is 0 Å². The van der Waals surface area contributed by atoms with E-state index in [4.69, 9.17) is 9.47 Å². The molecule has 0 N–H and O–H groups in total. The molecule has 136 valence electrons. The summed E-state index contributed by atoms with van der Waals surface area (Å²) in [7, 11) is -1.95. The van der Waals surface area contributed by atoms with Crippen molar-refractivity contribution < 1.29 is 27.5 Å². The average molecular weight is 375 g/mol. The van der Waals surface area contributed by atoms with Crippen LogP contribution in [0.3, 0.4) is 0 Å². The lowest BCUT2D eigenvalue weighted by molar-refractivity contribution is -0.157. The van der Waals surface area contributed by atoms with Crippen LogP contribution < -0.4 is 0 Å². The second kappa shape index (κ2) is 6.54. The van der Waals surface area contributed by atoms with Gasteiger partial charge < -0.3 is 9.47 Å². The predicted molar refractivity (Wildman–Crippen MR) is 91.4 cm³/mol. The second-order valence-corrected chi connectivity index (χ2v) is 7.49. The van der Waals surface area contributed by atoms with Crippen molar-refractivity contribution in [1.82, 2.24) is 4.31 Å². The van der Waals surface area contributed by atoms with E-state index >= 15 is 0 Å². The Hall–Kier alpha value is -2.71. The molecule has 26 heavy (non-hydrogen) atoms. The SMILES string of the molecule is COC(=O)C1(C(=O)OC)C(c2ccccc2)N1S(=O)(=O)c1ccccc1. The first-order valence-electron chi connectivity index (χ1n) is 7.73. The smallest absolute Gasteiger partial charge is 0.341 e. The maximum absolute atomic E-state index is 13.1. The van der Waals surface area contributed by atoms with Crippen molar-refractivity contribution in [3.05, 3.63) is 66.2 Å². The van der Waals surface area contributed by atoms with Gasteiger partial charge in [0.2, 0.25) is 10.0 Å². The molecular formula is C18H17NO6S. The lowest BCUT2D eigenvalue weighted by Gasteiger charge is -2.13. The molecular weight excluding hydrogens is 358 g/mol. The molecule has 7 nitrogen and oxygen atoms in total. The van der Waals surface area contributed by atoms with Gasteiger partial charge in [0.05, 0.1) is 25.2 Å². The van der Waals surface area contributed by atoms with Crippen molar-refractivity contribution in [2.45, 2.75) is 16.5 Å². The lowest BCUT2D eigenvalue weighted by Crippen LogP contribution is -2.42. The van der Waals surface area contributed by atoms with E-state index in [1.54, 1.807) is 48.5 Å². The fourth-order valence-electron chi connectivity index (χ4n) is 3.11. The Kier molecular flexibility index (Phi) is 4.55. The number of esters is 2. The molecule has 0 aliphatic carbocycles. The van der Waals surface area contributed by atoms with Gasteiger partial charge in [0.25, 0.3) is 5.54 Å². The van der Waals surface area contributed by atoms with Crippen molar-refractivity contribution in [2.24, 2.45) is 0 Å². The molecule has 1 aliphatic heterocycles. The Morgan fingerprint density at radius 3 is 1.81 bits per heavy atom. The zero-order chi connectivity index (χ0) is 18.9. The van der Waals surface area contributed by atoms with Gasteiger partial charge in [-0.15, -0.1) is 0 Å². The van der Waals surface area contributed by atoms with Crippen LogP contribution in [0.5, 0.6) is 0 Å². The molecule has 2 aromatic rings. The highest BCUT2D eigenvalue weighted by atomic mass is 32.2. The number of hydrogen-bond donors (Lipinski definition) is 0. The van der Waals surface area contributed by atoms with Crippen LogP contribution in [0.2, 0.25) is 0 Å². The van der Waals surface area contributed by atoms with Crippen LogP contribution in [0.15, 0.2) is 65.6 Å². The number of nitrogens with zero attached hydrogens (tertiary/aromatic N) is 1. The molecule has 2 aromatic carbocycles. The fraction of sp³-hybridized carbons (Fsp3) is 0.222. The van der Waals surface area contributed by atoms with Crippen LogP contribution >= 0.6 is 0 Å². The third kappa shape index (κ3) is 2.49. The molecule has 3 rings (SSSR count). The molecule has 1 aliphatic rings. The Morgan fingerprint density at radius 2 is 1.35 bits per heavy atom. The third-order valence-electron chi connectivity index (χ3n) is 4.32. The molecule has 0 bridgehead atoms. The first-order chi connectivity index (χ1) is 12.4.